The molecule has 12 atom stereocenters. The molecule has 0 radical (unpaired) electrons. The second kappa shape index (κ2) is 22.9. The molecule has 3 N–H and O–H groups in total. The summed E-state index contributed by atoms with van der Waals surface area (Å²) < 4.78 is 18.9. The number of allylic oxidation sites excluding steroid dienone is 3. The van der Waals surface area contributed by atoms with Gasteiger partial charge in [0.05, 0.1) is 6.61 Å². The molecule has 1 aliphatic heterocycles. The Kier molecular flexibility index (Phi) is 17.9. The van der Waals surface area contributed by atoms with Crippen molar-refractivity contribution in [2.45, 2.75) is 206 Å². The van der Waals surface area contributed by atoms with E-state index in [0.29, 0.717) is 30.1 Å². The number of nitrogens with zero attached hydrogens (tertiary/aromatic N) is 1. The number of hydrogen-bond acceptors (Lipinski definition) is 9. The molecule has 0 amide bonds. The molecule has 5 aliphatic rings. The molecule has 4 fully saturated rings. The zero-order valence-corrected chi connectivity index (χ0v) is 38.5. The number of aliphatic hydroxyl groups is 2. The minimum absolute atomic E-state index is 0.0131. The quantitative estimate of drug-likeness (QED) is 0.0524. The summed E-state index contributed by atoms with van der Waals surface area (Å²) in [5.74, 6) is 4.00. The third-order valence-corrected chi connectivity index (χ3v) is 16.4. The molecule has 11 nitrogen and oxygen atoms in total. The topological polar surface area (TPSA) is 157 Å². The van der Waals surface area contributed by atoms with Crippen LogP contribution in [0.4, 0.5) is 0 Å². The van der Waals surface area contributed by atoms with Crippen molar-refractivity contribution in [3.05, 3.63) is 56.9 Å². The van der Waals surface area contributed by atoms with Crippen molar-refractivity contribution < 1.29 is 34.0 Å². The van der Waals surface area contributed by atoms with Gasteiger partial charge in [0.2, 0.25) is 0 Å². The van der Waals surface area contributed by atoms with E-state index in [4.69, 9.17) is 14.2 Å². The van der Waals surface area contributed by atoms with E-state index in [1.54, 1.807) is 12.5 Å². The SMILES string of the molecule is CC(=O)CCC(C)C1CCC2C3CC=C4CC(OC(=O)CCCCCCC/C=C\CCCCCCCO[C@H]5C(O)[C@@H](CO)O[C@H]5n5ccc(=O)[nH]c5=O)CCC4(C)C3CCC12C. The number of carbonyl (C=O) groups excluding carboxylic acids is 2. The van der Waals surface area contributed by atoms with Crippen LogP contribution in [-0.4, -0.2) is 69.1 Å². The lowest BCUT2D eigenvalue weighted by atomic mass is 9.47. The Morgan fingerprint density at radius 1 is 0.935 bits per heavy atom. The number of ether oxygens (including phenoxy) is 3. The summed E-state index contributed by atoms with van der Waals surface area (Å²) in [5, 5.41) is 20.2. The largest absolute Gasteiger partial charge is 0.462 e. The van der Waals surface area contributed by atoms with E-state index < -0.39 is 42.4 Å². The lowest BCUT2D eigenvalue weighted by Crippen LogP contribution is -2.51. The highest BCUT2D eigenvalue weighted by Crippen LogP contribution is 2.67. The normalized spacial score (nSPS) is 33.5. The highest BCUT2D eigenvalue weighted by Gasteiger charge is 2.59. The van der Waals surface area contributed by atoms with Crippen LogP contribution >= 0.6 is 0 Å². The number of rotatable bonds is 24. The summed E-state index contributed by atoms with van der Waals surface area (Å²) in [7, 11) is 0. The van der Waals surface area contributed by atoms with Gasteiger partial charge in [-0.25, -0.2) is 4.79 Å². The van der Waals surface area contributed by atoms with Gasteiger partial charge in [0.1, 0.15) is 30.2 Å². The maximum atomic E-state index is 12.9. The lowest BCUT2D eigenvalue weighted by Gasteiger charge is -2.58. The van der Waals surface area contributed by atoms with Gasteiger partial charge in [-0.2, -0.15) is 0 Å². The standard InChI is InChI=1S/C51H80N2O9/c1-35(20-21-36(2)55)40-24-25-41-39-23-22-37-33-38(26-29-50(37,3)42(39)27-30-51(40,41)4)61-45(57)19-17-15-13-11-9-7-5-6-8-10-12-14-16-18-32-60-47-46(58)43(34-54)62-48(47)53-31-28-44(56)52-49(53)59/h5-6,22,28,31,35,38-43,46-48,54,58H,7-21,23-27,29-30,32-34H2,1-4H3,(H,52,56,59)/b6-5-/t35?,38?,39?,40?,41?,42?,43-,46?,47+,48-,50?,51?/m1/s1. The molecule has 9 unspecified atom stereocenters. The average Bonchev–Trinajstić information content (AvgIpc) is 3.76. The van der Waals surface area contributed by atoms with Crippen LogP contribution in [0, 0.1) is 40.4 Å². The summed E-state index contributed by atoms with van der Waals surface area (Å²) >= 11 is 0. The maximum Gasteiger partial charge on any atom is 0.330 e. The number of H-pyrrole nitrogens is 1. The first-order valence-electron chi connectivity index (χ1n) is 24.8. The van der Waals surface area contributed by atoms with Crippen molar-refractivity contribution in [1.82, 2.24) is 9.55 Å². The van der Waals surface area contributed by atoms with Crippen LogP contribution in [0.2, 0.25) is 0 Å². The number of aliphatic hydroxyl groups excluding tert-OH is 2. The lowest BCUT2D eigenvalue weighted by molar-refractivity contribution is -0.151. The third kappa shape index (κ3) is 11.9. The smallest absolute Gasteiger partial charge is 0.330 e. The Balaban J connectivity index is 0.769. The third-order valence-electron chi connectivity index (χ3n) is 16.4. The fourth-order valence-corrected chi connectivity index (χ4v) is 12.9. The van der Waals surface area contributed by atoms with Crippen molar-refractivity contribution in [3.63, 3.8) is 0 Å². The van der Waals surface area contributed by atoms with E-state index in [-0.39, 0.29) is 17.5 Å². The summed E-state index contributed by atoms with van der Waals surface area (Å²) in [6.07, 6.45) is 29.5. The fraction of sp³-hybridized carbons (Fsp3) is 0.804. The number of hydrogen-bond donors (Lipinski definition) is 3. The molecule has 0 bridgehead atoms. The van der Waals surface area contributed by atoms with E-state index in [9.17, 15) is 29.4 Å². The van der Waals surface area contributed by atoms with Crippen LogP contribution in [0.25, 0.3) is 0 Å². The van der Waals surface area contributed by atoms with Crippen LogP contribution < -0.4 is 11.2 Å². The number of carbonyl (C=O) groups is 2. The molecule has 1 aromatic rings. The number of Topliss-reactive ketones (excluding diaryl/α,β-unsaturated/α-hetero) is 1. The highest BCUT2D eigenvalue weighted by atomic mass is 16.6. The molecular formula is C51H80N2O9. The monoisotopic (exact) mass is 865 g/mol. The molecule has 0 aromatic carbocycles. The summed E-state index contributed by atoms with van der Waals surface area (Å²) in [6, 6.07) is 1.21. The molecule has 348 valence electrons. The first kappa shape index (κ1) is 48.6. The van der Waals surface area contributed by atoms with Gasteiger partial charge >= 0.3 is 11.7 Å². The van der Waals surface area contributed by atoms with Crippen LogP contribution in [-0.2, 0) is 23.8 Å². The van der Waals surface area contributed by atoms with Crippen molar-refractivity contribution in [2.75, 3.05) is 13.2 Å². The van der Waals surface area contributed by atoms with Gasteiger partial charge in [0, 0.05) is 38.1 Å². The Labute approximate surface area is 370 Å². The Morgan fingerprint density at radius 3 is 2.35 bits per heavy atom. The Morgan fingerprint density at radius 2 is 1.65 bits per heavy atom. The number of fused-ring (bicyclic) bond motifs is 5. The Bertz CT molecular complexity index is 1790. The molecule has 0 spiro atoms. The first-order chi connectivity index (χ1) is 29.9. The minimum Gasteiger partial charge on any atom is -0.462 e. The first-order valence-corrected chi connectivity index (χ1v) is 24.8. The van der Waals surface area contributed by atoms with Crippen molar-refractivity contribution in [1.29, 1.82) is 0 Å². The van der Waals surface area contributed by atoms with Crippen molar-refractivity contribution in [2.24, 2.45) is 40.4 Å². The highest BCUT2D eigenvalue weighted by molar-refractivity contribution is 5.75. The van der Waals surface area contributed by atoms with E-state index in [2.05, 4.69) is 44.0 Å². The Hall–Kier alpha value is -2.86. The van der Waals surface area contributed by atoms with Gasteiger partial charge in [0.25, 0.3) is 5.56 Å². The average molecular weight is 865 g/mol. The summed E-state index contributed by atoms with van der Waals surface area (Å²) in [6.45, 7) is 9.28. The predicted molar refractivity (Wildman–Crippen MR) is 241 cm³/mol. The van der Waals surface area contributed by atoms with E-state index in [0.717, 1.165) is 120 Å². The summed E-state index contributed by atoms with van der Waals surface area (Å²) in [4.78, 5) is 50.6. The molecule has 1 aromatic heterocycles. The summed E-state index contributed by atoms with van der Waals surface area (Å²) in [5.41, 5.74) is 1.05. The fourth-order valence-electron chi connectivity index (χ4n) is 12.9. The number of unbranched alkanes of at least 4 members (excludes halogenated alkanes) is 10. The number of ketones is 1. The number of aromatic nitrogens is 2. The molecule has 4 aliphatic carbocycles. The molecule has 3 saturated carbocycles. The number of nitrogens with one attached hydrogen (secondary N) is 1. The molecule has 1 saturated heterocycles. The molecule has 6 rings (SSSR count). The second-order valence-corrected chi connectivity index (χ2v) is 20.5. The van der Waals surface area contributed by atoms with E-state index >= 15 is 0 Å². The van der Waals surface area contributed by atoms with Gasteiger partial charge in [-0.15, -0.1) is 0 Å². The van der Waals surface area contributed by atoms with Crippen molar-refractivity contribution >= 4 is 11.8 Å². The van der Waals surface area contributed by atoms with Gasteiger partial charge in [-0.05, 0) is 137 Å². The van der Waals surface area contributed by atoms with Gasteiger partial charge < -0.3 is 29.2 Å². The van der Waals surface area contributed by atoms with Gasteiger partial charge in [0.15, 0.2) is 6.23 Å². The number of aromatic amines is 1. The maximum absolute atomic E-state index is 12.9. The zero-order chi connectivity index (χ0) is 44.3. The van der Waals surface area contributed by atoms with Gasteiger partial charge in [-0.3, -0.25) is 19.1 Å². The predicted octanol–water partition coefficient (Wildman–Crippen LogP) is 9.30. The second-order valence-electron chi connectivity index (χ2n) is 20.5. The van der Waals surface area contributed by atoms with Gasteiger partial charge in [-0.1, -0.05) is 83.1 Å². The molecule has 2 heterocycles. The zero-order valence-electron chi connectivity index (χ0n) is 38.5. The van der Waals surface area contributed by atoms with Crippen molar-refractivity contribution in [3.8, 4) is 0 Å². The van der Waals surface area contributed by atoms with Crippen LogP contribution in [0.5, 0.6) is 0 Å². The van der Waals surface area contributed by atoms with Crippen LogP contribution in [0.3, 0.4) is 0 Å². The van der Waals surface area contributed by atoms with Crippen LogP contribution in [0.1, 0.15) is 182 Å². The molecular weight excluding hydrogens is 785 g/mol. The van der Waals surface area contributed by atoms with Crippen LogP contribution in [0.15, 0.2) is 45.7 Å². The number of esters is 1. The molecule has 62 heavy (non-hydrogen) atoms. The van der Waals surface area contributed by atoms with E-state index in [1.807, 2.05) is 0 Å². The molecule has 11 heteroatoms. The van der Waals surface area contributed by atoms with E-state index in [1.165, 1.54) is 61.8 Å². The minimum atomic E-state index is -1.09.